The Morgan fingerprint density at radius 1 is 1.09 bits per heavy atom. The van der Waals surface area contributed by atoms with Gasteiger partial charge in [0, 0.05) is 18.9 Å². The van der Waals surface area contributed by atoms with Crippen LogP contribution < -0.4 is 15.0 Å². The number of carbonyl (C=O) groups is 2. The highest BCUT2D eigenvalue weighted by molar-refractivity contribution is 6.04. The summed E-state index contributed by atoms with van der Waals surface area (Å²) in [5.74, 6) is -1.88. The van der Waals surface area contributed by atoms with Crippen molar-refractivity contribution in [1.82, 2.24) is 10.2 Å². The van der Waals surface area contributed by atoms with E-state index in [1.54, 1.807) is 0 Å². The van der Waals surface area contributed by atoms with Gasteiger partial charge >= 0.3 is 0 Å². The molecule has 1 aromatic carbocycles. The maximum Gasteiger partial charge on any atom is 0.260 e. The highest BCUT2D eigenvalue weighted by Crippen LogP contribution is 2.46. The van der Waals surface area contributed by atoms with Crippen LogP contribution in [0, 0.1) is 0 Å². The first-order chi connectivity index (χ1) is 15.8. The summed E-state index contributed by atoms with van der Waals surface area (Å²) < 4.78 is 34.0. The maximum atomic E-state index is 13.9. The summed E-state index contributed by atoms with van der Waals surface area (Å²) in [6.45, 7) is 3.64. The van der Waals surface area contributed by atoms with Crippen molar-refractivity contribution in [2.24, 2.45) is 0 Å². The smallest absolute Gasteiger partial charge is 0.260 e. The van der Waals surface area contributed by atoms with Gasteiger partial charge in [0.25, 0.3) is 11.8 Å². The van der Waals surface area contributed by atoms with Crippen LogP contribution in [0.25, 0.3) is 0 Å². The molecular formula is C25H33F2N3O3. The van der Waals surface area contributed by atoms with Crippen molar-refractivity contribution in [3.05, 3.63) is 23.8 Å². The van der Waals surface area contributed by atoms with Gasteiger partial charge in [0.05, 0.1) is 18.8 Å². The lowest BCUT2D eigenvalue weighted by Gasteiger charge is -2.46. The summed E-state index contributed by atoms with van der Waals surface area (Å²) in [4.78, 5) is 28.6. The van der Waals surface area contributed by atoms with Crippen LogP contribution in [0.15, 0.2) is 18.2 Å². The maximum absolute atomic E-state index is 13.9. The van der Waals surface area contributed by atoms with Gasteiger partial charge in [0.1, 0.15) is 17.9 Å². The molecule has 4 aliphatic rings. The minimum Gasteiger partial charge on any atom is -0.489 e. The number of amides is 2. The van der Waals surface area contributed by atoms with E-state index in [4.69, 9.17) is 4.74 Å². The van der Waals surface area contributed by atoms with Gasteiger partial charge in [-0.1, -0.05) is 12.1 Å². The van der Waals surface area contributed by atoms with Crippen molar-refractivity contribution in [2.75, 3.05) is 31.1 Å². The molecule has 0 unspecified atom stereocenters. The third-order valence-electron chi connectivity index (χ3n) is 8.13. The quantitative estimate of drug-likeness (QED) is 0.693. The van der Waals surface area contributed by atoms with Crippen LogP contribution in [0.4, 0.5) is 14.5 Å². The lowest BCUT2D eigenvalue weighted by atomic mass is 9.79. The number of rotatable bonds is 3. The molecular weight excluding hydrogens is 428 g/mol. The number of hydrogen-bond acceptors (Lipinski definition) is 5. The number of halogens is 2. The SMILES string of the molecule is C[C@]1(N2CCOc3c2cccc3[C@H]2CC[C@H](N3CCCC(F)(F)C3)CC2)CCC(=O)NC1=O. The number of para-hydroxylation sites is 1. The third kappa shape index (κ3) is 4.22. The molecule has 0 aromatic heterocycles. The Labute approximate surface area is 193 Å². The fraction of sp³-hybridized carbons (Fsp3) is 0.680. The van der Waals surface area contributed by atoms with Gasteiger partial charge in [-0.3, -0.25) is 19.8 Å². The topological polar surface area (TPSA) is 61.9 Å². The molecule has 5 rings (SSSR count). The molecule has 0 radical (unpaired) electrons. The number of alkyl halides is 2. The minimum absolute atomic E-state index is 0.00788. The number of imide groups is 1. The number of benzene rings is 1. The van der Waals surface area contributed by atoms with E-state index in [0.29, 0.717) is 38.3 Å². The molecule has 1 N–H and O–H groups in total. The van der Waals surface area contributed by atoms with E-state index in [1.807, 2.05) is 24.0 Å². The van der Waals surface area contributed by atoms with Crippen LogP contribution in [0.2, 0.25) is 0 Å². The minimum atomic E-state index is -2.56. The molecule has 6 nitrogen and oxygen atoms in total. The molecule has 1 atom stereocenters. The summed E-state index contributed by atoms with van der Waals surface area (Å²) >= 11 is 0. The number of ether oxygens (including phenoxy) is 1. The van der Waals surface area contributed by atoms with E-state index in [1.165, 1.54) is 0 Å². The van der Waals surface area contributed by atoms with Gasteiger partial charge < -0.3 is 9.64 Å². The molecule has 180 valence electrons. The molecule has 1 aromatic rings. The molecule has 8 heteroatoms. The van der Waals surface area contributed by atoms with Gasteiger partial charge in [-0.2, -0.15) is 0 Å². The zero-order valence-electron chi connectivity index (χ0n) is 19.2. The second kappa shape index (κ2) is 8.53. The van der Waals surface area contributed by atoms with Gasteiger partial charge in [0.15, 0.2) is 0 Å². The van der Waals surface area contributed by atoms with E-state index in [2.05, 4.69) is 16.3 Å². The van der Waals surface area contributed by atoms with Gasteiger partial charge in [-0.15, -0.1) is 0 Å². The van der Waals surface area contributed by atoms with Gasteiger partial charge in [-0.05, 0) is 69.5 Å². The van der Waals surface area contributed by atoms with E-state index >= 15 is 0 Å². The van der Waals surface area contributed by atoms with Crippen LogP contribution in [-0.2, 0) is 9.59 Å². The average Bonchev–Trinajstić information content (AvgIpc) is 2.80. The van der Waals surface area contributed by atoms with Gasteiger partial charge in [-0.25, -0.2) is 8.78 Å². The fourth-order valence-corrected chi connectivity index (χ4v) is 6.22. The summed E-state index contributed by atoms with van der Waals surface area (Å²) in [5.41, 5.74) is 1.27. The molecule has 3 fully saturated rings. The number of hydrogen-bond donors (Lipinski definition) is 1. The van der Waals surface area contributed by atoms with Crippen LogP contribution in [-0.4, -0.2) is 60.5 Å². The van der Waals surface area contributed by atoms with Crippen molar-refractivity contribution in [3.63, 3.8) is 0 Å². The zero-order chi connectivity index (χ0) is 23.2. The van der Waals surface area contributed by atoms with Crippen LogP contribution in [0.3, 0.4) is 0 Å². The molecule has 1 aliphatic carbocycles. The molecule has 3 aliphatic heterocycles. The Morgan fingerprint density at radius 3 is 2.61 bits per heavy atom. The first-order valence-electron chi connectivity index (χ1n) is 12.3. The first-order valence-corrected chi connectivity index (χ1v) is 12.3. The Kier molecular flexibility index (Phi) is 5.83. The number of anilines is 1. The second-order valence-corrected chi connectivity index (χ2v) is 10.3. The van der Waals surface area contributed by atoms with E-state index < -0.39 is 11.5 Å². The first kappa shape index (κ1) is 22.6. The number of fused-ring (bicyclic) bond motifs is 1. The molecule has 0 bridgehead atoms. The largest absolute Gasteiger partial charge is 0.489 e. The molecule has 0 spiro atoms. The summed E-state index contributed by atoms with van der Waals surface area (Å²) in [6, 6.07) is 6.35. The lowest BCUT2D eigenvalue weighted by Crippen LogP contribution is -2.63. The molecule has 3 heterocycles. The molecule has 2 amide bonds. The van der Waals surface area contributed by atoms with Crippen molar-refractivity contribution in [3.8, 4) is 5.75 Å². The highest BCUT2D eigenvalue weighted by atomic mass is 19.3. The number of carbonyl (C=O) groups excluding carboxylic acids is 2. The Hall–Kier alpha value is -2.22. The summed E-state index contributed by atoms with van der Waals surface area (Å²) in [5, 5.41) is 2.50. The lowest BCUT2D eigenvalue weighted by molar-refractivity contribution is -0.137. The summed E-state index contributed by atoms with van der Waals surface area (Å²) in [6.07, 6.45) is 5.10. The highest BCUT2D eigenvalue weighted by Gasteiger charge is 2.46. The van der Waals surface area contributed by atoms with E-state index in [9.17, 15) is 18.4 Å². The second-order valence-electron chi connectivity index (χ2n) is 10.3. The van der Waals surface area contributed by atoms with Crippen molar-refractivity contribution in [1.29, 1.82) is 0 Å². The van der Waals surface area contributed by atoms with Crippen LogP contribution >= 0.6 is 0 Å². The van der Waals surface area contributed by atoms with Crippen molar-refractivity contribution < 1.29 is 23.1 Å². The monoisotopic (exact) mass is 461 g/mol. The Morgan fingerprint density at radius 2 is 1.88 bits per heavy atom. The van der Waals surface area contributed by atoms with Crippen molar-refractivity contribution >= 4 is 17.5 Å². The van der Waals surface area contributed by atoms with Crippen molar-refractivity contribution in [2.45, 2.75) is 81.7 Å². The third-order valence-corrected chi connectivity index (χ3v) is 8.13. The van der Waals surface area contributed by atoms with E-state index in [-0.39, 0.29) is 30.8 Å². The standard InChI is InChI=1S/C25H33F2N3O3/c1-24(12-10-21(31)28-23(24)32)30-14-15-33-22-19(4-2-5-20(22)30)17-6-8-18(9-7-17)29-13-3-11-25(26,27)16-29/h2,4-5,17-18H,3,6-16H2,1H3,(H,28,31,32)/t17-,18-,24-/m0/s1. The van der Waals surface area contributed by atoms with Crippen LogP contribution in [0.1, 0.15) is 69.8 Å². The number of likely N-dealkylation sites (tertiary alicyclic amines) is 1. The van der Waals surface area contributed by atoms with Gasteiger partial charge in [0.2, 0.25) is 5.91 Å². The fourth-order valence-electron chi connectivity index (χ4n) is 6.22. The van der Waals surface area contributed by atoms with E-state index in [0.717, 1.165) is 49.2 Å². The number of piperidine rings is 2. The molecule has 33 heavy (non-hydrogen) atoms. The average molecular weight is 462 g/mol. The Bertz CT molecular complexity index is 931. The Balaban J connectivity index is 1.33. The normalized spacial score (nSPS) is 32.6. The molecule has 2 saturated heterocycles. The summed E-state index contributed by atoms with van der Waals surface area (Å²) in [7, 11) is 0. The number of nitrogens with one attached hydrogen (secondary N) is 1. The predicted octanol–water partition coefficient (Wildman–Crippen LogP) is 3.84. The van der Waals surface area contributed by atoms with Crippen LogP contribution in [0.5, 0.6) is 5.75 Å². The zero-order valence-corrected chi connectivity index (χ0v) is 19.2. The molecule has 1 saturated carbocycles. The number of nitrogens with zero attached hydrogens (tertiary/aromatic N) is 2. The predicted molar refractivity (Wildman–Crippen MR) is 121 cm³/mol.